The van der Waals surface area contributed by atoms with Gasteiger partial charge in [0, 0.05) is 29.7 Å². The van der Waals surface area contributed by atoms with Crippen LogP contribution in [0.4, 0.5) is 4.39 Å². The van der Waals surface area contributed by atoms with Gasteiger partial charge in [-0.3, -0.25) is 0 Å². The molecule has 0 radical (unpaired) electrons. The average molecular weight is 335 g/mol. The van der Waals surface area contributed by atoms with Crippen LogP contribution in [-0.4, -0.2) is 32.1 Å². The number of rotatable bonds is 4. The molecule has 1 aromatic carbocycles. The molecule has 1 aliphatic heterocycles. The fourth-order valence-electron chi connectivity index (χ4n) is 2.81. The summed E-state index contributed by atoms with van der Waals surface area (Å²) in [5, 5.41) is 0.447. The lowest BCUT2D eigenvalue weighted by Crippen LogP contribution is -2.40. The normalized spacial score (nSPS) is 22.2. The number of sulfonamides is 1. The first-order valence-electron chi connectivity index (χ1n) is 6.93. The van der Waals surface area contributed by atoms with E-state index in [0.29, 0.717) is 30.1 Å². The summed E-state index contributed by atoms with van der Waals surface area (Å²) in [5.74, 6) is -0.232. The molecular formula is C14H20ClFN2O2S. The minimum absolute atomic E-state index is 0.141. The average Bonchev–Trinajstić information content (AvgIpc) is 2.41. The van der Waals surface area contributed by atoms with Gasteiger partial charge in [-0.05, 0) is 43.4 Å². The van der Waals surface area contributed by atoms with Crippen molar-refractivity contribution in [2.45, 2.75) is 25.3 Å². The van der Waals surface area contributed by atoms with E-state index in [2.05, 4.69) is 0 Å². The highest BCUT2D eigenvalue weighted by molar-refractivity contribution is 7.88. The van der Waals surface area contributed by atoms with Crippen LogP contribution < -0.4 is 5.73 Å². The second-order valence-electron chi connectivity index (χ2n) is 5.64. The van der Waals surface area contributed by atoms with E-state index in [4.69, 9.17) is 17.3 Å². The number of benzene rings is 1. The molecule has 1 fully saturated rings. The molecule has 0 aromatic heterocycles. The van der Waals surface area contributed by atoms with Crippen molar-refractivity contribution in [2.75, 3.05) is 19.3 Å². The van der Waals surface area contributed by atoms with Crippen LogP contribution in [0.5, 0.6) is 0 Å². The van der Waals surface area contributed by atoms with E-state index < -0.39 is 16.1 Å². The summed E-state index contributed by atoms with van der Waals surface area (Å²) in [6.07, 6.45) is 3.47. The van der Waals surface area contributed by atoms with Crippen LogP contribution in [0.2, 0.25) is 5.02 Å². The molecule has 0 aliphatic carbocycles. The van der Waals surface area contributed by atoms with Crippen molar-refractivity contribution in [3.63, 3.8) is 0 Å². The Morgan fingerprint density at radius 2 is 2.24 bits per heavy atom. The van der Waals surface area contributed by atoms with E-state index >= 15 is 0 Å². The minimum atomic E-state index is -3.18. The Balaban J connectivity index is 2.05. The molecule has 7 heteroatoms. The van der Waals surface area contributed by atoms with Crippen molar-refractivity contribution in [3.8, 4) is 0 Å². The maximum absolute atomic E-state index is 13.8. The first-order valence-corrected chi connectivity index (χ1v) is 9.15. The molecule has 0 bridgehead atoms. The maximum atomic E-state index is 13.8. The molecule has 1 heterocycles. The Labute approximate surface area is 130 Å². The Morgan fingerprint density at radius 3 is 2.90 bits per heavy atom. The highest BCUT2D eigenvalue weighted by Gasteiger charge is 2.27. The maximum Gasteiger partial charge on any atom is 0.211 e. The number of hydrogen-bond acceptors (Lipinski definition) is 3. The van der Waals surface area contributed by atoms with Gasteiger partial charge >= 0.3 is 0 Å². The number of piperidine rings is 1. The molecule has 2 atom stereocenters. The van der Waals surface area contributed by atoms with E-state index in [1.54, 1.807) is 6.07 Å². The van der Waals surface area contributed by atoms with Crippen LogP contribution in [-0.2, 0) is 10.0 Å². The Kier molecular flexibility index (Phi) is 5.24. The predicted octanol–water partition coefficient (Wildman–Crippen LogP) is 2.54. The lowest BCUT2D eigenvalue weighted by atomic mass is 9.90. The molecule has 0 spiro atoms. The fourth-order valence-corrected chi connectivity index (χ4v) is 3.93. The molecule has 2 unspecified atom stereocenters. The van der Waals surface area contributed by atoms with Crippen LogP contribution in [0.1, 0.15) is 30.9 Å². The first-order chi connectivity index (χ1) is 9.77. The number of halogens is 2. The third kappa shape index (κ3) is 4.39. The van der Waals surface area contributed by atoms with Gasteiger partial charge in [0.25, 0.3) is 0 Å². The predicted molar refractivity (Wildman–Crippen MR) is 82.1 cm³/mol. The Bertz CT molecular complexity index is 609. The molecule has 21 heavy (non-hydrogen) atoms. The highest BCUT2D eigenvalue weighted by Crippen LogP contribution is 2.29. The third-order valence-corrected chi connectivity index (χ3v) is 5.40. The highest BCUT2D eigenvalue weighted by atomic mass is 35.5. The summed E-state index contributed by atoms with van der Waals surface area (Å²) in [6, 6.07) is 3.85. The molecule has 0 amide bonds. The number of nitrogens with zero attached hydrogens (tertiary/aromatic N) is 1. The molecule has 2 N–H and O–H groups in total. The Morgan fingerprint density at radius 1 is 1.52 bits per heavy atom. The van der Waals surface area contributed by atoms with Crippen LogP contribution >= 0.6 is 11.6 Å². The number of hydrogen-bond donors (Lipinski definition) is 1. The Hall–Kier alpha value is -0.690. The molecular weight excluding hydrogens is 315 g/mol. The number of nitrogens with two attached hydrogens (primary N) is 1. The van der Waals surface area contributed by atoms with Crippen LogP contribution in [0, 0.1) is 11.7 Å². The summed E-state index contributed by atoms with van der Waals surface area (Å²) >= 11 is 5.88. The lowest BCUT2D eigenvalue weighted by Gasteiger charge is -2.32. The van der Waals surface area contributed by atoms with Crippen LogP contribution in [0.3, 0.4) is 0 Å². The van der Waals surface area contributed by atoms with Gasteiger partial charge in [-0.2, -0.15) is 0 Å². The summed E-state index contributed by atoms with van der Waals surface area (Å²) in [6.45, 7) is 1.00. The van der Waals surface area contributed by atoms with Crippen molar-refractivity contribution in [3.05, 3.63) is 34.6 Å². The van der Waals surface area contributed by atoms with Gasteiger partial charge in [-0.15, -0.1) is 0 Å². The van der Waals surface area contributed by atoms with Gasteiger partial charge in [0.05, 0.1) is 6.26 Å². The lowest BCUT2D eigenvalue weighted by molar-refractivity contribution is 0.246. The SMILES string of the molecule is CS(=O)(=O)N1CCCC(CC(N)c2cc(Cl)ccc2F)C1. The van der Waals surface area contributed by atoms with Crippen molar-refractivity contribution in [2.24, 2.45) is 11.7 Å². The van der Waals surface area contributed by atoms with Crippen molar-refractivity contribution < 1.29 is 12.8 Å². The van der Waals surface area contributed by atoms with E-state index in [0.717, 1.165) is 12.8 Å². The second kappa shape index (κ2) is 6.60. The summed E-state index contributed by atoms with van der Waals surface area (Å²) < 4.78 is 38.5. The van der Waals surface area contributed by atoms with E-state index in [1.165, 1.54) is 22.7 Å². The van der Waals surface area contributed by atoms with E-state index in [-0.39, 0.29) is 11.7 Å². The van der Waals surface area contributed by atoms with Gasteiger partial charge in [-0.25, -0.2) is 17.1 Å². The zero-order valence-electron chi connectivity index (χ0n) is 11.9. The van der Waals surface area contributed by atoms with Crippen molar-refractivity contribution >= 4 is 21.6 Å². The molecule has 0 saturated carbocycles. The molecule has 1 aromatic rings. The third-order valence-electron chi connectivity index (χ3n) is 3.90. The topological polar surface area (TPSA) is 63.4 Å². The van der Waals surface area contributed by atoms with Gasteiger partial charge in [0.2, 0.25) is 10.0 Å². The van der Waals surface area contributed by atoms with Gasteiger partial charge < -0.3 is 5.73 Å². The molecule has 118 valence electrons. The first kappa shape index (κ1) is 16.7. The minimum Gasteiger partial charge on any atom is -0.324 e. The largest absolute Gasteiger partial charge is 0.324 e. The molecule has 4 nitrogen and oxygen atoms in total. The summed E-state index contributed by atoms with van der Waals surface area (Å²) in [5.41, 5.74) is 6.47. The fraction of sp³-hybridized carbons (Fsp3) is 0.571. The second-order valence-corrected chi connectivity index (χ2v) is 8.06. The van der Waals surface area contributed by atoms with Crippen LogP contribution in [0.25, 0.3) is 0 Å². The summed E-state index contributed by atoms with van der Waals surface area (Å²) in [4.78, 5) is 0. The zero-order chi connectivity index (χ0) is 15.6. The van der Waals surface area contributed by atoms with E-state index in [9.17, 15) is 12.8 Å². The van der Waals surface area contributed by atoms with Gasteiger partial charge in [0.1, 0.15) is 5.82 Å². The van der Waals surface area contributed by atoms with Gasteiger partial charge in [-0.1, -0.05) is 11.6 Å². The summed E-state index contributed by atoms with van der Waals surface area (Å²) in [7, 11) is -3.18. The molecule has 2 rings (SSSR count). The van der Waals surface area contributed by atoms with E-state index in [1.807, 2.05) is 0 Å². The van der Waals surface area contributed by atoms with Gasteiger partial charge in [0.15, 0.2) is 0 Å². The smallest absolute Gasteiger partial charge is 0.211 e. The van der Waals surface area contributed by atoms with Crippen molar-refractivity contribution in [1.82, 2.24) is 4.31 Å². The molecule has 1 aliphatic rings. The van der Waals surface area contributed by atoms with Crippen LogP contribution in [0.15, 0.2) is 18.2 Å². The zero-order valence-corrected chi connectivity index (χ0v) is 13.5. The quantitative estimate of drug-likeness (QED) is 0.920. The monoisotopic (exact) mass is 334 g/mol. The molecule has 1 saturated heterocycles. The standard InChI is InChI=1S/C14H20ClFN2O2S/c1-21(19,20)18-6-2-3-10(9-18)7-14(17)12-8-11(15)4-5-13(12)16/h4-5,8,10,14H,2-3,6-7,9,17H2,1H3. The van der Waals surface area contributed by atoms with Crippen molar-refractivity contribution in [1.29, 1.82) is 0 Å².